The SMILES string of the molecule is CCN1C=CC=CC1.Cc1ccc(S(=O)(=O)O)cc1. The molecule has 104 valence electrons. The van der Waals surface area contributed by atoms with Crippen molar-refractivity contribution in [3.8, 4) is 0 Å². The quantitative estimate of drug-likeness (QED) is 0.847. The summed E-state index contributed by atoms with van der Waals surface area (Å²) in [5.74, 6) is 0. The molecule has 0 atom stereocenters. The van der Waals surface area contributed by atoms with Crippen molar-refractivity contribution in [1.29, 1.82) is 0 Å². The maximum atomic E-state index is 10.5. The lowest BCUT2D eigenvalue weighted by molar-refractivity contribution is 0.436. The highest BCUT2D eigenvalue weighted by Crippen LogP contribution is 2.08. The smallest absolute Gasteiger partial charge is 0.294 e. The summed E-state index contributed by atoms with van der Waals surface area (Å²) in [5, 5.41) is 0. The first-order valence-electron chi connectivity index (χ1n) is 6.05. The van der Waals surface area contributed by atoms with E-state index in [0.717, 1.165) is 18.7 Å². The summed E-state index contributed by atoms with van der Waals surface area (Å²) in [6.45, 7) is 6.19. The normalized spacial score (nSPS) is 13.9. The molecule has 0 spiro atoms. The molecule has 0 bridgehead atoms. The van der Waals surface area contributed by atoms with E-state index in [9.17, 15) is 8.42 Å². The van der Waals surface area contributed by atoms with E-state index in [0.29, 0.717) is 0 Å². The van der Waals surface area contributed by atoms with Gasteiger partial charge in [0.15, 0.2) is 0 Å². The molecule has 4 nitrogen and oxygen atoms in total. The Kier molecular flexibility index (Phi) is 5.79. The summed E-state index contributed by atoms with van der Waals surface area (Å²) in [6, 6.07) is 5.99. The third kappa shape index (κ3) is 5.72. The van der Waals surface area contributed by atoms with Gasteiger partial charge in [0.2, 0.25) is 0 Å². The molecule has 0 aliphatic carbocycles. The minimum atomic E-state index is -4.02. The van der Waals surface area contributed by atoms with Crippen molar-refractivity contribution in [2.75, 3.05) is 13.1 Å². The van der Waals surface area contributed by atoms with Crippen LogP contribution in [0.3, 0.4) is 0 Å². The highest BCUT2D eigenvalue weighted by Gasteiger charge is 2.06. The molecule has 1 aromatic rings. The van der Waals surface area contributed by atoms with Crippen molar-refractivity contribution < 1.29 is 13.0 Å². The second-order valence-corrected chi connectivity index (χ2v) is 5.57. The van der Waals surface area contributed by atoms with Gasteiger partial charge < -0.3 is 4.90 Å². The first-order chi connectivity index (χ1) is 8.93. The van der Waals surface area contributed by atoms with Gasteiger partial charge in [0.05, 0.1) is 4.90 Å². The zero-order valence-electron chi connectivity index (χ0n) is 11.2. The van der Waals surface area contributed by atoms with Crippen LogP contribution in [0.25, 0.3) is 0 Å². The van der Waals surface area contributed by atoms with Crippen LogP contribution in [0.1, 0.15) is 12.5 Å². The lowest BCUT2D eigenvalue weighted by Crippen LogP contribution is -2.17. The molecule has 0 radical (unpaired) electrons. The average Bonchev–Trinajstić information content (AvgIpc) is 2.40. The van der Waals surface area contributed by atoms with Gasteiger partial charge in [-0.05, 0) is 38.3 Å². The Bertz CT molecular complexity index is 545. The maximum Gasteiger partial charge on any atom is 0.294 e. The molecule has 5 heteroatoms. The van der Waals surface area contributed by atoms with Crippen molar-refractivity contribution in [3.05, 3.63) is 54.3 Å². The highest BCUT2D eigenvalue weighted by molar-refractivity contribution is 7.85. The lowest BCUT2D eigenvalue weighted by atomic mass is 10.2. The first kappa shape index (κ1) is 15.5. The van der Waals surface area contributed by atoms with Crippen LogP contribution < -0.4 is 0 Å². The van der Waals surface area contributed by atoms with Crippen molar-refractivity contribution in [2.45, 2.75) is 18.7 Å². The van der Waals surface area contributed by atoms with E-state index in [1.165, 1.54) is 12.1 Å². The van der Waals surface area contributed by atoms with Crippen LogP contribution in [-0.2, 0) is 10.1 Å². The summed E-state index contributed by atoms with van der Waals surface area (Å²) >= 11 is 0. The molecule has 0 unspecified atom stereocenters. The van der Waals surface area contributed by atoms with Crippen LogP contribution in [0.5, 0.6) is 0 Å². The van der Waals surface area contributed by atoms with E-state index in [1.54, 1.807) is 12.1 Å². The zero-order chi connectivity index (χ0) is 14.3. The van der Waals surface area contributed by atoms with Gasteiger partial charge in [-0.2, -0.15) is 8.42 Å². The molecule has 0 saturated carbocycles. The molecule has 1 aliphatic rings. The van der Waals surface area contributed by atoms with Crippen LogP contribution >= 0.6 is 0 Å². The number of hydrogen-bond acceptors (Lipinski definition) is 3. The Morgan fingerprint density at radius 3 is 2.21 bits per heavy atom. The predicted molar refractivity (Wildman–Crippen MR) is 76.5 cm³/mol. The van der Waals surface area contributed by atoms with Gasteiger partial charge in [-0.25, -0.2) is 0 Å². The molecular formula is C14H19NO3S. The van der Waals surface area contributed by atoms with Gasteiger partial charge >= 0.3 is 0 Å². The van der Waals surface area contributed by atoms with Gasteiger partial charge in [-0.3, -0.25) is 4.55 Å². The molecule has 1 heterocycles. The van der Waals surface area contributed by atoms with E-state index in [4.69, 9.17) is 4.55 Å². The van der Waals surface area contributed by atoms with Gasteiger partial charge in [0.25, 0.3) is 10.1 Å². The number of nitrogens with zero attached hydrogens (tertiary/aromatic N) is 1. The van der Waals surface area contributed by atoms with E-state index in [-0.39, 0.29) is 4.90 Å². The fourth-order valence-electron chi connectivity index (χ4n) is 1.45. The summed E-state index contributed by atoms with van der Waals surface area (Å²) in [7, 11) is -4.02. The van der Waals surface area contributed by atoms with Crippen LogP contribution in [0.4, 0.5) is 0 Å². The Labute approximate surface area is 114 Å². The molecule has 2 rings (SSSR count). The molecule has 0 fully saturated rings. The fraction of sp³-hybridized carbons (Fsp3) is 0.286. The zero-order valence-corrected chi connectivity index (χ0v) is 12.0. The number of rotatable bonds is 2. The summed E-state index contributed by atoms with van der Waals surface area (Å²) in [4.78, 5) is 2.18. The standard InChI is InChI=1S/C7H11N.C7H8O3S/c1-2-8-6-4-3-5-7-8;1-6-2-4-7(5-3-6)11(8,9)10/h3-6H,2,7H2,1H3;2-5H,1H3,(H,8,9,10). The second kappa shape index (κ2) is 7.11. The molecule has 1 N–H and O–H groups in total. The molecule has 1 aliphatic heterocycles. The summed E-state index contributed by atoms with van der Waals surface area (Å²) in [6.07, 6.45) is 8.41. The third-order valence-electron chi connectivity index (χ3n) is 2.61. The van der Waals surface area contributed by atoms with E-state index < -0.39 is 10.1 Å². The van der Waals surface area contributed by atoms with Crippen LogP contribution in [0, 0.1) is 6.92 Å². The Morgan fingerprint density at radius 2 is 1.84 bits per heavy atom. The van der Waals surface area contributed by atoms with E-state index in [2.05, 4.69) is 36.3 Å². The number of aryl methyl sites for hydroxylation is 1. The molecule has 1 aromatic carbocycles. The van der Waals surface area contributed by atoms with Crippen molar-refractivity contribution in [3.63, 3.8) is 0 Å². The number of allylic oxidation sites excluding steroid dienone is 2. The average molecular weight is 281 g/mol. The highest BCUT2D eigenvalue weighted by atomic mass is 32.2. The van der Waals surface area contributed by atoms with Crippen LogP contribution in [-0.4, -0.2) is 31.0 Å². The molecular weight excluding hydrogens is 262 g/mol. The second-order valence-electron chi connectivity index (χ2n) is 4.15. The molecule has 19 heavy (non-hydrogen) atoms. The number of benzene rings is 1. The Morgan fingerprint density at radius 1 is 1.21 bits per heavy atom. The first-order valence-corrected chi connectivity index (χ1v) is 7.49. The lowest BCUT2D eigenvalue weighted by Gasteiger charge is -2.16. The van der Waals surface area contributed by atoms with Crippen molar-refractivity contribution in [1.82, 2.24) is 4.90 Å². The summed E-state index contributed by atoms with van der Waals surface area (Å²) < 4.78 is 29.6. The minimum Gasteiger partial charge on any atom is -0.374 e. The number of likely N-dealkylation sites (N-methyl/N-ethyl adjacent to an activating group) is 1. The topological polar surface area (TPSA) is 57.6 Å². The van der Waals surface area contributed by atoms with Gasteiger partial charge in [-0.15, -0.1) is 0 Å². The maximum absolute atomic E-state index is 10.5. The Hall–Kier alpha value is -1.59. The molecule has 0 saturated heterocycles. The number of hydrogen-bond donors (Lipinski definition) is 1. The van der Waals surface area contributed by atoms with E-state index in [1.807, 2.05) is 6.92 Å². The Balaban J connectivity index is 0.000000200. The molecule has 0 aromatic heterocycles. The van der Waals surface area contributed by atoms with E-state index >= 15 is 0 Å². The van der Waals surface area contributed by atoms with Crippen LogP contribution in [0.15, 0.2) is 53.6 Å². The van der Waals surface area contributed by atoms with Gasteiger partial charge in [0.1, 0.15) is 0 Å². The molecule has 0 amide bonds. The summed E-state index contributed by atoms with van der Waals surface area (Å²) in [5.41, 5.74) is 0.956. The minimum absolute atomic E-state index is 0.0666. The predicted octanol–water partition coefficient (Wildman–Crippen LogP) is 2.63. The monoisotopic (exact) mass is 281 g/mol. The van der Waals surface area contributed by atoms with Crippen LogP contribution in [0.2, 0.25) is 0 Å². The van der Waals surface area contributed by atoms with Crippen molar-refractivity contribution in [2.24, 2.45) is 0 Å². The van der Waals surface area contributed by atoms with Gasteiger partial charge in [-0.1, -0.05) is 29.8 Å². The third-order valence-corrected chi connectivity index (χ3v) is 3.48. The van der Waals surface area contributed by atoms with Crippen molar-refractivity contribution >= 4 is 10.1 Å². The largest absolute Gasteiger partial charge is 0.374 e. The van der Waals surface area contributed by atoms with Gasteiger partial charge in [0, 0.05) is 13.1 Å². The fourth-order valence-corrected chi connectivity index (χ4v) is 1.93.